The molecule has 0 aliphatic rings. The molecule has 2 N–H and O–H groups in total. The number of ether oxygens (including phenoxy) is 1. The fraction of sp³-hybridized carbons (Fsp3) is 0.400. The van der Waals surface area contributed by atoms with Crippen molar-refractivity contribution in [1.82, 2.24) is 0 Å². The van der Waals surface area contributed by atoms with Gasteiger partial charge in [-0.2, -0.15) is 13.2 Å². The van der Waals surface area contributed by atoms with Crippen LogP contribution in [-0.2, 0) is 0 Å². The molecule has 15 heavy (non-hydrogen) atoms. The van der Waals surface area contributed by atoms with E-state index in [1.165, 1.54) is 19.2 Å². The number of rotatable bonds is 2. The van der Waals surface area contributed by atoms with Gasteiger partial charge in [-0.25, -0.2) is 0 Å². The minimum absolute atomic E-state index is 0.0370. The van der Waals surface area contributed by atoms with E-state index in [-0.39, 0.29) is 11.3 Å². The summed E-state index contributed by atoms with van der Waals surface area (Å²) in [5, 5.41) is 0. The topological polar surface area (TPSA) is 35.2 Å². The Balaban J connectivity index is 3.17. The second-order valence-corrected chi connectivity index (χ2v) is 3.26. The molecule has 5 heteroatoms. The molecule has 0 saturated heterocycles. The third-order valence-corrected chi connectivity index (χ3v) is 2.07. The van der Waals surface area contributed by atoms with Gasteiger partial charge < -0.3 is 10.5 Å². The molecule has 0 unspecified atom stereocenters. The highest BCUT2D eigenvalue weighted by atomic mass is 19.4. The first-order valence-electron chi connectivity index (χ1n) is 4.33. The number of aryl methyl sites for hydroxylation is 1. The molecule has 84 valence electrons. The van der Waals surface area contributed by atoms with Crippen molar-refractivity contribution in [3.05, 3.63) is 29.3 Å². The average molecular weight is 219 g/mol. The summed E-state index contributed by atoms with van der Waals surface area (Å²) in [5.74, 6) is 0.158. The highest BCUT2D eigenvalue weighted by Crippen LogP contribution is 2.35. The predicted octanol–water partition coefficient (Wildman–Crippen LogP) is 2.57. The Hall–Kier alpha value is -1.23. The monoisotopic (exact) mass is 219 g/mol. The molecule has 0 saturated carbocycles. The Labute approximate surface area is 85.8 Å². The maximum absolute atomic E-state index is 12.4. The van der Waals surface area contributed by atoms with Crippen molar-refractivity contribution in [2.45, 2.75) is 19.1 Å². The molecule has 0 heterocycles. The fourth-order valence-corrected chi connectivity index (χ4v) is 1.27. The highest BCUT2D eigenvalue weighted by molar-refractivity contribution is 5.39. The summed E-state index contributed by atoms with van der Waals surface area (Å²) in [6.07, 6.45) is -4.46. The Morgan fingerprint density at radius 3 is 2.40 bits per heavy atom. The molecule has 1 atom stereocenters. The van der Waals surface area contributed by atoms with Gasteiger partial charge in [-0.1, -0.05) is 17.7 Å². The molecule has 0 aliphatic carbocycles. The van der Waals surface area contributed by atoms with E-state index in [0.717, 1.165) is 0 Å². The van der Waals surface area contributed by atoms with Crippen molar-refractivity contribution in [3.63, 3.8) is 0 Å². The zero-order valence-electron chi connectivity index (χ0n) is 8.43. The van der Waals surface area contributed by atoms with Crippen LogP contribution in [0.3, 0.4) is 0 Å². The van der Waals surface area contributed by atoms with E-state index in [4.69, 9.17) is 10.5 Å². The summed E-state index contributed by atoms with van der Waals surface area (Å²) in [4.78, 5) is 0. The molecule has 1 rings (SSSR count). The number of methoxy groups -OCH3 is 1. The summed E-state index contributed by atoms with van der Waals surface area (Å²) in [5.41, 5.74) is 5.79. The predicted molar refractivity (Wildman–Crippen MR) is 50.7 cm³/mol. The molecule has 2 nitrogen and oxygen atoms in total. The van der Waals surface area contributed by atoms with Crippen molar-refractivity contribution < 1.29 is 17.9 Å². The van der Waals surface area contributed by atoms with Gasteiger partial charge in [0, 0.05) is 5.56 Å². The van der Waals surface area contributed by atoms with Gasteiger partial charge in [0.25, 0.3) is 0 Å². The number of alkyl halides is 3. The minimum Gasteiger partial charge on any atom is -0.496 e. The molecule has 0 amide bonds. The quantitative estimate of drug-likeness (QED) is 0.829. The molecular formula is C10H12F3NO. The van der Waals surface area contributed by atoms with Crippen LogP contribution in [0.5, 0.6) is 5.75 Å². The summed E-state index contributed by atoms with van der Waals surface area (Å²) >= 11 is 0. The van der Waals surface area contributed by atoms with Gasteiger partial charge in [0.05, 0.1) is 7.11 Å². The number of hydrogen-bond acceptors (Lipinski definition) is 2. The average Bonchev–Trinajstić information content (AvgIpc) is 2.15. The molecule has 0 bridgehead atoms. The largest absolute Gasteiger partial charge is 0.496 e. The van der Waals surface area contributed by atoms with Crippen LogP contribution in [0.15, 0.2) is 18.2 Å². The van der Waals surface area contributed by atoms with E-state index in [0.29, 0.717) is 5.56 Å². The lowest BCUT2D eigenvalue weighted by molar-refractivity contribution is -0.149. The van der Waals surface area contributed by atoms with Crippen molar-refractivity contribution in [2.24, 2.45) is 5.73 Å². The van der Waals surface area contributed by atoms with Gasteiger partial charge in [-0.3, -0.25) is 0 Å². The van der Waals surface area contributed by atoms with Gasteiger partial charge >= 0.3 is 6.18 Å². The zero-order chi connectivity index (χ0) is 11.6. The zero-order valence-corrected chi connectivity index (χ0v) is 8.43. The van der Waals surface area contributed by atoms with Crippen LogP contribution in [0, 0.1) is 6.92 Å². The summed E-state index contributed by atoms with van der Waals surface area (Å²) < 4.78 is 42.0. The first-order valence-corrected chi connectivity index (χ1v) is 4.33. The van der Waals surface area contributed by atoms with Crippen molar-refractivity contribution in [1.29, 1.82) is 0 Å². The Bertz CT molecular complexity index is 349. The smallest absolute Gasteiger partial charge is 0.407 e. The maximum atomic E-state index is 12.4. The summed E-state index contributed by atoms with van der Waals surface area (Å²) in [6.45, 7) is 1.70. The lowest BCUT2D eigenvalue weighted by Crippen LogP contribution is -2.28. The Morgan fingerprint density at radius 1 is 1.33 bits per heavy atom. The number of halogens is 3. The third-order valence-electron chi connectivity index (χ3n) is 2.07. The van der Waals surface area contributed by atoms with Gasteiger partial charge in [0.15, 0.2) is 0 Å². The van der Waals surface area contributed by atoms with Crippen molar-refractivity contribution >= 4 is 0 Å². The van der Waals surface area contributed by atoms with Crippen LogP contribution in [0.1, 0.15) is 17.2 Å². The van der Waals surface area contributed by atoms with E-state index in [9.17, 15) is 13.2 Å². The van der Waals surface area contributed by atoms with E-state index in [1.807, 2.05) is 0 Å². The SMILES string of the molecule is COc1ccc(C)cc1[C@@H](N)C(F)(F)F. The lowest BCUT2D eigenvalue weighted by Gasteiger charge is -2.18. The van der Waals surface area contributed by atoms with Crippen LogP contribution in [0.2, 0.25) is 0 Å². The Kier molecular flexibility index (Phi) is 3.24. The van der Waals surface area contributed by atoms with Crippen molar-refractivity contribution in [3.8, 4) is 5.75 Å². The van der Waals surface area contributed by atoms with Crippen LogP contribution >= 0.6 is 0 Å². The van der Waals surface area contributed by atoms with E-state index in [1.54, 1.807) is 13.0 Å². The summed E-state index contributed by atoms with van der Waals surface area (Å²) in [6, 6.07) is 2.53. The standard InChI is InChI=1S/C10H12F3NO/c1-6-3-4-8(15-2)7(5-6)9(14)10(11,12)13/h3-5,9H,14H2,1-2H3/t9-/m1/s1. The van der Waals surface area contributed by atoms with E-state index >= 15 is 0 Å². The first kappa shape index (κ1) is 11.8. The molecule has 0 aromatic heterocycles. The van der Waals surface area contributed by atoms with Crippen LogP contribution < -0.4 is 10.5 Å². The maximum Gasteiger partial charge on any atom is 0.407 e. The molecule has 0 radical (unpaired) electrons. The lowest BCUT2D eigenvalue weighted by atomic mass is 10.0. The number of nitrogens with two attached hydrogens (primary N) is 1. The minimum atomic E-state index is -4.46. The molecular weight excluding hydrogens is 207 g/mol. The Morgan fingerprint density at radius 2 is 1.93 bits per heavy atom. The molecule has 0 aliphatic heterocycles. The van der Waals surface area contributed by atoms with Gasteiger partial charge in [-0.15, -0.1) is 0 Å². The molecule has 0 fully saturated rings. The number of hydrogen-bond donors (Lipinski definition) is 1. The highest BCUT2D eigenvalue weighted by Gasteiger charge is 2.39. The molecule has 1 aromatic rings. The summed E-state index contributed by atoms with van der Waals surface area (Å²) in [7, 11) is 1.32. The van der Waals surface area contributed by atoms with Gasteiger partial charge in [-0.05, 0) is 13.0 Å². The second kappa shape index (κ2) is 4.10. The third kappa shape index (κ3) is 2.62. The van der Waals surface area contributed by atoms with Crippen LogP contribution in [0.4, 0.5) is 13.2 Å². The van der Waals surface area contributed by atoms with E-state index < -0.39 is 12.2 Å². The van der Waals surface area contributed by atoms with Crippen molar-refractivity contribution in [2.75, 3.05) is 7.11 Å². The molecule has 1 aromatic carbocycles. The van der Waals surface area contributed by atoms with Gasteiger partial charge in [0.2, 0.25) is 0 Å². The molecule has 0 spiro atoms. The van der Waals surface area contributed by atoms with E-state index in [2.05, 4.69) is 0 Å². The van der Waals surface area contributed by atoms with Crippen LogP contribution in [-0.4, -0.2) is 13.3 Å². The van der Waals surface area contributed by atoms with Gasteiger partial charge in [0.1, 0.15) is 11.8 Å². The second-order valence-electron chi connectivity index (χ2n) is 3.26. The van der Waals surface area contributed by atoms with Crippen LogP contribution in [0.25, 0.3) is 0 Å². The normalized spacial score (nSPS) is 13.7. The number of benzene rings is 1. The first-order chi connectivity index (χ1) is 6.86. The fourth-order valence-electron chi connectivity index (χ4n) is 1.27.